The molecule has 18 heavy (non-hydrogen) atoms. The van der Waals surface area contributed by atoms with E-state index in [4.69, 9.17) is 4.74 Å². The van der Waals surface area contributed by atoms with Crippen LogP contribution in [0.1, 0.15) is 12.5 Å². The number of hydrogen-bond acceptors (Lipinski definition) is 3. The van der Waals surface area contributed by atoms with Gasteiger partial charge in [-0.3, -0.25) is 0 Å². The van der Waals surface area contributed by atoms with Crippen molar-refractivity contribution >= 4 is 26.0 Å². The quantitative estimate of drug-likeness (QED) is 0.828. The van der Waals surface area contributed by atoms with Gasteiger partial charge < -0.3 is 4.74 Å². The Morgan fingerprint density at radius 2 is 2.06 bits per heavy atom. The van der Waals surface area contributed by atoms with Crippen LogP contribution in [0.25, 0.3) is 0 Å². The molecule has 0 radical (unpaired) electrons. The van der Waals surface area contributed by atoms with E-state index in [1.807, 2.05) is 24.3 Å². The van der Waals surface area contributed by atoms with E-state index in [0.29, 0.717) is 13.0 Å². The van der Waals surface area contributed by atoms with Crippen molar-refractivity contribution in [3.63, 3.8) is 0 Å². The number of ether oxygens (including phenoxy) is 1. The Hall–Kier alpha value is -0.430. The van der Waals surface area contributed by atoms with Crippen molar-refractivity contribution in [1.29, 1.82) is 0 Å². The Morgan fingerprint density at radius 1 is 1.39 bits per heavy atom. The fraction of sp³-hybridized carbons (Fsp3) is 0.500. The van der Waals surface area contributed by atoms with Crippen LogP contribution >= 0.6 is 15.9 Å². The zero-order valence-corrected chi connectivity index (χ0v) is 12.9. The van der Waals surface area contributed by atoms with Crippen molar-refractivity contribution in [2.45, 2.75) is 18.6 Å². The van der Waals surface area contributed by atoms with Crippen LogP contribution in [0.15, 0.2) is 28.7 Å². The lowest BCUT2D eigenvalue weighted by atomic mass is 10.2. The van der Waals surface area contributed by atoms with Gasteiger partial charge in [0, 0.05) is 18.1 Å². The average Bonchev–Trinajstić information content (AvgIpc) is 2.32. The number of sulfonamides is 1. The summed E-state index contributed by atoms with van der Waals surface area (Å²) in [5, 5.41) is -0.540. The molecule has 0 bridgehead atoms. The zero-order chi connectivity index (χ0) is 13.6. The Bertz CT molecular complexity index is 476. The lowest BCUT2D eigenvalue weighted by Crippen LogP contribution is -2.36. The third-order valence-electron chi connectivity index (χ3n) is 2.59. The molecule has 102 valence electrons. The molecule has 1 N–H and O–H groups in total. The highest BCUT2D eigenvalue weighted by atomic mass is 79.9. The van der Waals surface area contributed by atoms with Crippen LogP contribution in [0.4, 0.5) is 0 Å². The van der Waals surface area contributed by atoms with Gasteiger partial charge in [0.25, 0.3) is 0 Å². The largest absolute Gasteiger partial charge is 0.383 e. The molecule has 0 aliphatic rings. The molecule has 6 heteroatoms. The second-order valence-corrected chi connectivity index (χ2v) is 7.08. The minimum Gasteiger partial charge on any atom is -0.383 e. The van der Waals surface area contributed by atoms with E-state index in [1.54, 1.807) is 6.92 Å². The summed E-state index contributed by atoms with van der Waals surface area (Å²) >= 11 is 3.43. The summed E-state index contributed by atoms with van der Waals surface area (Å²) in [7, 11) is -1.80. The van der Waals surface area contributed by atoms with E-state index in [-0.39, 0.29) is 6.61 Å². The molecular weight excluding hydrogens is 318 g/mol. The van der Waals surface area contributed by atoms with E-state index >= 15 is 0 Å². The maximum Gasteiger partial charge on any atom is 0.216 e. The van der Waals surface area contributed by atoms with E-state index in [2.05, 4.69) is 20.7 Å². The third-order valence-corrected chi connectivity index (χ3v) is 5.16. The highest BCUT2D eigenvalue weighted by Crippen LogP contribution is 2.15. The molecule has 1 rings (SSSR count). The molecular formula is C12H18BrNO3S. The Labute approximate surface area is 117 Å². The van der Waals surface area contributed by atoms with Gasteiger partial charge in [0.05, 0.1) is 11.9 Å². The number of hydrogen-bond donors (Lipinski definition) is 1. The molecule has 1 aromatic rings. The van der Waals surface area contributed by atoms with Gasteiger partial charge >= 0.3 is 0 Å². The first-order valence-corrected chi connectivity index (χ1v) is 8.02. The van der Waals surface area contributed by atoms with Crippen molar-refractivity contribution in [3.8, 4) is 0 Å². The predicted octanol–water partition coefficient (Wildman–Crippen LogP) is 1.95. The summed E-state index contributed by atoms with van der Waals surface area (Å²) in [6.45, 7) is 2.22. The smallest absolute Gasteiger partial charge is 0.216 e. The summed E-state index contributed by atoms with van der Waals surface area (Å²) in [4.78, 5) is 0. The Kier molecular flexibility index (Phi) is 6.28. The van der Waals surface area contributed by atoms with Crippen LogP contribution < -0.4 is 4.72 Å². The van der Waals surface area contributed by atoms with E-state index in [0.717, 1.165) is 10.0 Å². The molecule has 0 saturated heterocycles. The van der Waals surface area contributed by atoms with Crippen molar-refractivity contribution < 1.29 is 13.2 Å². The minimum absolute atomic E-state index is 0.199. The van der Waals surface area contributed by atoms with Crippen molar-refractivity contribution in [2.75, 3.05) is 20.3 Å². The highest BCUT2D eigenvalue weighted by molar-refractivity contribution is 9.10. The molecule has 0 aliphatic carbocycles. The van der Waals surface area contributed by atoms with Gasteiger partial charge in [0.15, 0.2) is 0 Å². The third kappa shape index (κ3) is 4.68. The standard InChI is InChI=1S/C12H18BrNO3S/c1-10(9-17-2)18(15,16)14-8-7-11-5-3-4-6-12(11)13/h3-6,10,14H,7-9H2,1-2H3/t10-/m0/s1. The summed E-state index contributed by atoms with van der Waals surface area (Å²) in [5.74, 6) is 0. The van der Waals surface area contributed by atoms with Crippen molar-refractivity contribution in [1.82, 2.24) is 4.72 Å². The van der Waals surface area contributed by atoms with Crippen molar-refractivity contribution in [2.24, 2.45) is 0 Å². The fourth-order valence-corrected chi connectivity index (χ4v) is 2.97. The second kappa shape index (κ2) is 7.23. The van der Waals surface area contributed by atoms with Gasteiger partial charge in [-0.2, -0.15) is 0 Å². The molecule has 0 saturated carbocycles. The van der Waals surface area contributed by atoms with E-state index in [1.165, 1.54) is 7.11 Å². The molecule has 0 unspecified atom stereocenters. The highest BCUT2D eigenvalue weighted by Gasteiger charge is 2.19. The summed E-state index contributed by atoms with van der Waals surface area (Å²) in [5.41, 5.74) is 1.08. The topological polar surface area (TPSA) is 55.4 Å². The monoisotopic (exact) mass is 335 g/mol. The molecule has 0 heterocycles. The van der Waals surface area contributed by atoms with Crippen molar-refractivity contribution in [3.05, 3.63) is 34.3 Å². The van der Waals surface area contributed by atoms with Crippen LogP contribution in [-0.2, 0) is 21.2 Å². The maximum atomic E-state index is 11.8. The Balaban J connectivity index is 2.49. The number of benzene rings is 1. The molecule has 0 amide bonds. The molecule has 1 atom stereocenters. The summed E-state index contributed by atoms with van der Waals surface area (Å²) < 4.78 is 32.0. The number of rotatable bonds is 7. The SMILES string of the molecule is COC[C@H](C)S(=O)(=O)NCCc1ccccc1Br. The Morgan fingerprint density at radius 3 is 2.67 bits per heavy atom. The number of nitrogens with one attached hydrogen (secondary N) is 1. The molecule has 0 aromatic heterocycles. The van der Waals surface area contributed by atoms with Gasteiger partial charge in [-0.25, -0.2) is 13.1 Å². The number of methoxy groups -OCH3 is 1. The molecule has 1 aromatic carbocycles. The molecule has 0 fully saturated rings. The van der Waals surface area contributed by atoms with Gasteiger partial charge in [0.2, 0.25) is 10.0 Å². The number of halogens is 1. The van der Waals surface area contributed by atoms with Gasteiger partial charge in [-0.1, -0.05) is 34.1 Å². The van der Waals surface area contributed by atoms with Crippen LogP contribution in [0.5, 0.6) is 0 Å². The first-order chi connectivity index (χ1) is 8.47. The normalized spacial score (nSPS) is 13.5. The molecule has 0 aliphatic heterocycles. The summed E-state index contributed by atoms with van der Waals surface area (Å²) in [6.07, 6.45) is 0.653. The summed E-state index contributed by atoms with van der Waals surface area (Å²) in [6, 6.07) is 7.77. The van der Waals surface area contributed by atoms with E-state index in [9.17, 15) is 8.42 Å². The molecule has 0 spiro atoms. The van der Waals surface area contributed by atoms with Crippen LogP contribution in [0.3, 0.4) is 0 Å². The van der Waals surface area contributed by atoms with Crippen LogP contribution in [0.2, 0.25) is 0 Å². The van der Waals surface area contributed by atoms with Gasteiger partial charge in [0.1, 0.15) is 0 Å². The fourth-order valence-electron chi connectivity index (χ4n) is 1.50. The maximum absolute atomic E-state index is 11.8. The first-order valence-electron chi connectivity index (χ1n) is 5.68. The average molecular weight is 336 g/mol. The first kappa shape index (κ1) is 15.6. The van der Waals surface area contributed by atoms with E-state index < -0.39 is 15.3 Å². The zero-order valence-electron chi connectivity index (χ0n) is 10.5. The van der Waals surface area contributed by atoms with Crippen LogP contribution in [0, 0.1) is 0 Å². The van der Waals surface area contributed by atoms with Crippen LogP contribution in [-0.4, -0.2) is 33.9 Å². The minimum atomic E-state index is -3.30. The van der Waals surface area contributed by atoms with Gasteiger partial charge in [-0.15, -0.1) is 0 Å². The second-order valence-electron chi connectivity index (χ2n) is 4.05. The van der Waals surface area contributed by atoms with Gasteiger partial charge in [-0.05, 0) is 25.0 Å². The predicted molar refractivity (Wildman–Crippen MR) is 76.1 cm³/mol. The lowest BCUT2D eigenvalue weighted by Gasteiger charge is -2.13. The molecule has 4 nitrogen and oxygen atoms in total. The lowest BCUT2D eigenvalue weighted by molar-refractivity contribution is 0.200.